The number of nitrogens with two attached hydrogens (primary N) is 1. The molecule has 1 aromatic heterocycles. The number of ether oxygens (including phenoxy) is 1. The van der Waals surface area contributed by atoms with Crippen LogP contribution in [0.3, 0.4) is 0 Å². The number of nitrogens with zero attached hydrogens (tertiary/aromatic N) is 1. The lowest BCUT2D eigenvalue weighted by Gasteiger charge is -2.09. The number of hydrogen-bond donors (Lipinski definition) is 1. The van der Waals surface area contributed by atoms with E-state index in [4.69, 9.17) is 10.5 Å². The van der Waals surface area contributed by atoms with E-state index in [2.05, 4.69) is 35.3 Å². The first-order valence-electron chi connectivity index (χ1n) is 6.94. The largest absolute Gasteiger partial charge is 0.380 e. The van der Waals surface area contributed by atoms with Crippen molar-refractivity contribution in [2.45, 2.75) is 19.1 Å². The fourth-order valence-electron chi connectivity index (χ4n) is 2.40. The summed E-state index contributed by atoms with van der Waals surface area (Å²) in [5.74, 6) is 0. The van der Waals surface area contributed by atoms with Gasteiger partial charge in [-0.25, -0.2) is 4.98 Å². The quantitative estimate of drug-likeness (QED) is 0.781. The van der Waals surface area contributed by atoms with E-state index in [1.165, 1.54) is 15.8 Å². The number of fused-ring (bicyclic) bond motifs is 1. The summed E-state index contributed by atoms with van der Waals surface area (Å²) in [5, 5.41) is 0.994. The van der Waals surface area contributed by atoms with Gasteiger partial charge in [0.05, 0.1) is 22.9 Å². The zero-order valence-electron chi connectivity index (χ0n) is 12.0. The number of rotatable bonds is 5. The maximum Gasteiger partial charge on any atom is 0.111 e. The Morgan fingerprint density at radius 3 is 2.76 bits per heavy atom. The molecule has 1 heterocycles. The maximum atomic E-state index is 6.33. The fraction of sp³-hybridized carbons (Fsp3) is 0.235. The van der Waals surface area contributed by atoms with Gasteiger partial charge in [-0.05, 0) is 29.7 Å². The lowest BCUT2D eigenvalue weighted by molar-refractivity contribution is 0.185. The summed E-state index contributed by atoms with van der Waals surface area (Å²) in [6.07, 6.45) is 0.789. The molecule has 108 valence electrons. The normalized spacial score (nSPS) is 12.7. The van der Waals surface area contributed by atoms with Crippen LogP contribution in [0.2, 0.25) is 0 Å². The second-order valence-electron chi connectivity index (χ2n) is 5.08. The van der Waals surface area contributed by atoms with Crippen molar-refractivity contribution in [2.75, 3.05) is 7.11 Å². The first-order chi connectivity index (χ1) is 10.3. The molecule has 4 heteroatoms. The lowest BCUT2D eigenvalue weighted by Crippen LogP contribution is -2.13. The average molecular weight is 298 g/mol. The first kappa shape index (κ1) is 14.2. The van der Waals surface area contributed by atoms with E-state index in [1.807, 2.05) is 18.2 Å². The van der Waals surface area contributed by atoms with E-state index in [-0.39, 0.29) is 6.04 Å². The maximum absolute atomic E-state index is 6.33. The number of benzene rings is 2. The predicted molar refractivity (Wildman–Crippen MR) is 87.4 cm³/mol. The Morgan fingerprint density at radius 1 is 1.14 bits per heavy atom. The molecule has 2 aromatic carbocycles. The molecule has 0 radical (unpaired) electrons. The molecule has 0 aliphatic rings. The van der Waals surface area contributed by atoms with Crippen LogP contribution < -0.4 is 5.73 Å². The molecule has 0 aliphatic carbocycles. The Balaban J connectivity index is 1.79. The van der Waals surface area contributed by atoms with Crippen LogP contribution in [-0.2, 0) is 17.8 Å². The molecule has 3 aromatic rings. The minimum absolute atomic E-state index is 0.0693. The Labute approximate surface area is 128 Å². The number of aromatic nitrogens is 1. The highest BCUT2D eigenvalue weighted by atomic mass is 32.1. The molecule has 0 bridgehead atoms. The Hall–Kier alpha value is -1.75. The van der Waals surface area contributed by atoms with E-state index in [1.54, 1.807) is 18.4 Å². The number of hydrogen-bond acceptors (Lipinski definition) is 4. The van der Waals surface area contributed by atoms with Gasteiger partial charge in [-0.1, -0.05) is 36.4 Å². The predicted octanol–water partition coefficient (Wildman–Crippen LogP) is 3.69. The minimum atomic E-state index is -0.0693. The lowest BCUT2D eigenvalue weighted by atomic mass is 10.0. The van der Waals surface area contributed by atoms with Crippen molar-refractivity contribution >= 4 is 21.6 Å². The van der Waals surface area contributed by atoms with Gasteiger partial charge in [0.2, 0.25) is 0 Å². The van der Waals surface area contributed by atoms with E-state index >= 15 is 0 Å². The van der Waals surface area contributed by atoms with Gasteiger partial charge in [0.25, 0.3) is 0 Å². The minimum Gasteiger partial charge on any atom is -0.380 e. The van der Waals surface area contributed by atoms with Crippen LogP contribution in [0.15, 0.2) is 48.5 Å². The zero-order valence-corrected chi connectivity index (χ0v) is 12.8. The molecule has 21 heavy (non-hydrogen) atoms. The SMILES string of the molecule is COCc1cccc(CC(N)c2nc3ccccc3s2)c1. The van der Waals surface area contributed by atoms with Crippen LogP contribution in [-0.4, -0.2) is 12.1 Å². The third kappa shape index (κ3) is 3.29. The number of methoxy groups -OCH3 is 1. The van der Waals surface area contributed by atoms with Gasteiger partial charge in [0.1, 0.15) is 5.01 Å². The average Bonchev–Trinajstić information content (AvgIpc) is 2.92. The Kier molecular flexibility index (Phi) is 4.29. The van der Waals surface area contributed by atoms with Gasteiger partial charge >= 0.3 is 0 Å². The van der Waals surface area contributed by atoms with Gasteiger partial charge < -0.3 is 10.5 Å². The Bertz CT molecular complexity index is 705. The molecular weight excluding hydrogens is 280 g/mol. The van der Waals surface area contributed by atoms with Crippen molar-refractivity contribution in [1.82, 2.24) is 4.98 Å². The molecule has 3 rings (SSSR count). The van der Waals surface area contributed by atoms with Crippen molar-refractivity contribution in [1.29, 1.82) is 0 Å². The van der Waals surface area contributed by atoms with Gasteiger partial charge in [0.15, 0.2) is 0 Å². The summed E-state index contributed by atoms with van der Waals surface area (Å²) in [5.41, 5.74) is 9.75. The summed E-state index contributed by atoms with van der Waals surface area (Å²) in [7, 11) is 1.71. The van der Waals surface area contributed by atoms with E-state index < -0.39 is 0 Å². The Morgan fingerprint density at radius 2 is 1.95 bits per heavy atom. The molecule has 0 aliphatic heterocycles. The smallest absolute Gasteiger partial charge is 0.111 e. The second-order valence-corrected chi connectivity index (χ2v) is 6.15. The molecule has 0 spiro atoms. The van der Waals surface area contributed by atoms with E-state index in [9.17, 15) is 0 Å². The first-order valence-corrected chi connectivity index (χ1v) is 7.75. The van der Waals surface area contributed by atoms with Gasteiger partial charge in [-0.2, -0.15) is 0 Å². The van der Waals surface area contributed by atoms with E-state index in [0.29, 0.717) is 6.61 Å². The van der Waals surface area contributed by atoms with Gasteiger partial charge in [0, 0.05) is 7.11 Å². The molecular formula is C17H18N2OS. The number of thiazole rings is 1. The topological polar surface area (TPSA) is 48.1 Å². The summed E-state index contributed by atoms with van der Waals surface area (Å²) in [6.45, 7) is 0.629. The molecule has 3 nitrogen and oxygen atoms in total. The van der Waals surface area contributed by atoms with E-state index in [0.717, 1.165) is 16.9 Å². The van der Waals surface area contributed by atoms with Crippen LogP contribution in [0, 0.1) is 0 Å². The van der Waals surface area contributed by atoms with Gasteiger partial charge in [-0.15, -0.1) is 11.3 Å². The monoisotopic (exact) mass is 298 g/mol. The van der Waals surface area contributed by atoms with Crippen molar-refractivity contribution < 1.29 is 4.74 Å². The van der Waals surface area contributed by atoms with Crippen molar-refractivity contribution in [2.24, 2.45) is 5.73 Å². The summed E-state index contributed by atoms with van der Waals surface area (Å²) < 4.78 is 6.36. The molecule has 0 saturated heterocycles. The van der Waals surface area contributed by atoms with Crippen molar-refractivity contribution in [3.63, 3.8) is 0 Å². The molecule has 0 amide bonds. The van der Waals surface area contributed by atoms with Crippen LogP contribution in [0.4, 0.5) is 0 Å². The fourth-order valence-corrected chi connectivity index (χ4v) is 3.37. The van der Waals surface area contributed by atoms with Crippen LogP contribution in [0.25, 0.3) is 10.2 Å². The third-order valence-electron chi connectivity index (χ3n) is 3.39. The molecule has 2 N–H and O–H groups in total. The highest BCUT2D eigenvalue weighted by Crippen LogP contribution is 2.27. The van der Waals surface area contributed by atoms with Gasteiger partial charge in [-0.3, -0.25) is 0 Å². The zero-order chi connectivity index (χ0) is 14.7. The highest BCUT2D eigenvalue weighted by molar-refractivity contribution is 7.18. The molecule has 1 atom stereocenters. The van der Waals surface area contributed by atoms with Crippen LogP contribution in [0.1, 0.15) is 22.2 Å². The molecule has 1 unspecified atom stereocenters. The van der Waals surface area contributed by atoms with Crippen LogP contribution in [0.5, 0.6) is 0 Å². The molecule has 0 saturated carbocycles. The summed E-state index contributed by atoms with van der Waals surface area (Å²) in [4.78, 5) is 4.64. The third-order valence-corrected chi connectivity index (χ3v) is 4.55. The van der Waals surface area contributed by atoms with Crippen LogP contribution >= 0.6 is 11.3 Å². The van der Waals surface area contributed by atoms with Crippen molar-refractivity contribution in [3.8, 4) is 0 Å². The molecule has 0 fully saturated rings. The highest BCUT2D eigenvalue weighted by Gasteiger charge is 2.12. The summed E-state index contributed by atoms with van der Waals surface area (Å²) in [6, 6.07) is 16.5. The number of para-hydroxylation sites is 1. The standard InChI is InChI=1S/C17H18N2OS/c1-20-11-13-6-4-5-12(9-13)10-14(18)17-19-15-7-2-3-8-16(15)21-17/h2-9,14H,10-11,18H2,1H3. The second kappa shape index (κ2) is 6.35. The summed E-state index contributed by atoms with van der Waals surface area (Å²) >= 11 is 1.68. The van der Waals surface area contributed by atoms with Crippen molar-refractivity contribution in [3.05, 3.63) is 64.7 Å².